The molecule has 80 valence electrons. The number of nitrogens with two attached hydrogens (primary N) is 1. The van der Waals surface area contributed by atoms with Gasteiger partial charge in [0.05, 0.1) is 6.61 Å². The number of carboxylic acids is 1. The minimum Gasteiger partial charge on any atom is -0.493 e. The lowest BCUT2D eigenvalue weighted by Crippen LogP contribution is -2.23. The van der Waals surface area contributed by atoms with E-state index < -0.39 is 12.0 Å². The first-order chi connectivity index (χ1) is 7.20. The topological polar surface area (TPSA) is 72.6 Å². The molecule has 1 atom stereocenters. The van der Waals surface area contributed by atoms with E-state index in [4.69, 9.17) is 15.6 Å². The first-order valence-corrected chi connectivity index (χ1v) is 4.93. The van der Waals surface area contributed by atoms with Crippen molar-refractivity contribution in [2.75, 3.05) is 6.61 Å². The molecule has 0 aliphatic carbocycles. The Kier molecular flexibility index (Phi) is 2.60. The third-order valence-corrected chi connectivity index (χ3v) is 2.56. The predicted octanol–water partition coefficient (Wildman–Crippen LogP) is 1.10. The van der Waals surface area contributed by atoms with Crippen LogP contribution in [-0.2, 0) is 11.2 Å². The molecule has 4 heteroatoms. The fourth-order valence-corrected chi connectivity index (χ4v) is 1.79. The number of carbonyl (C=O) groups is 1. The molecule has 0 saturated heterocycles. The second-order valence-corrected chi connectivity index (χ2v) is 3.60. The quantitative estimate of drug-likeness (QED) is 0.761. The third kappa shape index (κ3) is 1.80. The Labute approximate surface area is 87.7 Å². The molecule has 0 amide bonds. The zero-order valence-electron chi connectivity index (χ0n) is 8.27. The van der Waals surface area contributed by atoms with Crippen LogP contribution in [0.25, 0.3) is 0 Å². The smallest absolute Gasteiger partial charge is 0.325 e. The Morgan fingerprint density at radius 2 is 2.33 bits per heavy atom. The highest BCUT2D eigenvalue weighted by molar-refractivity contribution is 5.76. The molecule has 15 heavy (non-hydrogen) atoms. The zero-order valence-corrected chi connectivity index (χ0v) is 8.27. The predicted molar refractivity (Wildman–Crippen MR) is 54.8 cm³/mol. The monoisotopic (exact) mass is 207 g/mol. The standard InChI is InChI=1S/C11H13NO3/c12-9(11(13)14)8-5-1-3-7-4-2-6-15-10(7)8/h1,3,5,9H,2,4,6,12H2,(H,13,14). The van der Waals surface area contributed by atoms with Gasteiger partial charge in [-0.15, -0.1) is 0 Å². The number of fused-ring (bicyclic) bond motifs is 1. The summed E-state index contributed by atoms with van der Waals surface area (Å²) in [7, 11) is 0. The van der Waals surface area contributed by atoms with Gasteiger partial charge in [0.15, 0.2) is 0 Å². The molecule has 4 nitrogen and oxygen atoms in total. The zero-order chi connectivity index (χ0) is 10.8. The van der Waals surface area contributed by atoms with Gasteiger partial charge in [0.1, 0.15) is 11.8 Å². The van der Waals surface area contributed by atoms with Gasteiger partial charge in [0.25, 0.3) is 0 Å². The lowest BCUT2D eigenvalue weighted by Gasteiger charge is -2.21. The van der Waals surface area contributed by atoms with Crippen LogP contribution in [0.15, 0.2) is 18.2 Å². The molecule has 0 radical (unpaired) electrons. The van der Waals surface area contributed by atoms with Gasteiger partial charge in [-0.3, -0.25) is 4.79 Å². The number of carboxylic acid groups (broad SMARTS) is 1. The van der Waals surface area contributed by atoms with Crippen molar-refractivity contribution >= 4 is 5.97 Å². The van der Waals surface area contributed by atoms with E-state index >= 15 is 0 Å². The largest absolute Gasteiger partial charge is 0.493 e. The number of ether oxygens (including phenoxy) is 1. The Bertz CT molecular complexity index is 389. The summed E-state index contributed by atoms with van der Waals surface area (Å²) in [6.07, 6.45) is 1.90. The molecule has 1 heterocycles. The lowest BCUT2D eigenvalue weighted by atomic mass is 9.98. The molecule has 1 aromatic rings. The molecule has 1 unspecified atom stereocenters. The maximum atomic E-state index is 10.8. The number of para-hydroxylation sites is 1. The number of hydrogen-bond acceptors (Lipinski definition) is 3. The van der Waals surface area contributed by atoms with Crippen LogP contribution in [0.3, 0.4) is 0 Å². The molecular weight excluding hydrogens is 194 g/mol. The summed E-state index contributed by atoms with van der Waals surface area (Å²) in [6.45, 7) is 0.635. The van der Waals surface area contributed by atoms with Crippen LogP contribution in [0.2, 0.25) is 0 Å². The second kappa shape index (κ2) is 3.90. The van der Waals surface area contributed by atoms with Gasteiger partial charge in [-0.2, -0.15) is 0 Å². The van der Waals surface area contributed by atoms with E-state index in [2.05, 4.69) is 0 Å². The average Bonchev–Trinajstić information content (AvgIpc) is 2.27. The van der Waals surface area contributed by atoms with E-state index in [0.717, 1.165) is 18.4 Å². The molecule has 1 aromatic carbocycles. The van der Waals surface area contributed by atoms with Crippen molar-refractivity contribution in [1.82, 2.24) is 0 Å². The average molecular weight is 207 g/mol. The van der Waals surface area contributed by atoms with Crippen LogP contribution in [0.1, 0.15) is 23.6 Å². The van der Waals surface area contributed by atoms with Crippen molar-refractivity contribution in [3.05, 3.63) is 29.3 Å². The summed E-state index contributed by atoms with van der Waals surface area (Å²) in [4.78, 5) is 10.8. The molecule has 1 aliphatic rings. The van der Waals surface area contributed by atoms with Gasteiger partial charge < -0.3 is 15.6 Å². The van der Waals surface area contributed by atoms with Crippen molar-refractivity contribution in [3.63, 3.8) is 0 Å². The van der Waals surface area contributed by atoms with Crippen LogP contribution in [0.5, 0.6) is 5.75 Å². The van der Waals surface area contributed by atoms with E-state index in [9.17, 15) is 4.79 Å². The molecule has 0 bridgehead atoms. The number of aliphatic carboxylic acids is 1. The highest BCUT2D eigenvalue weighted by Gasteiger charge is 2.22. The van der Waals surface area contributed by atoms with Gasteiger partial charge in [-0.25, -0.2) is 0 Å². The van der Waals surface area contributed by atoms with Gasteiger partial charge >= 0.3 is 5.97 Å². The van der Waals surface area contributed by atoms with Crippen molar-refractivity contribution in [3.8, 4) is 5.75 Å². The van der Waals surface area contributed by atoms with Gasteiger partial charge in [-0.05, 0) is 18.4 Å². The fraction of sp³-hybridized carbons (Fsp3) is 0.364. The van der Waals surface area contributed by atoms with Crippen LogP contribution < -0.4 is 10.5 Å². The lowest BCUT2D eigenvalue weighted by molar-refractivity contribution is -0.138. The molecule has 0 aromatic heterocycles. The van der Waals surface area contributed by atoms with Crippen molar-refractivity contribution in [1.29, 1.82) is 0 Å². The van der Waals surface area contributed by atoms with Crippen LogP contribution in [0.4, 0.5) is 0 Å². The first-order valence-electron chi connectivity index (χ1n) is 4.93. The molecule has 1 aliphatic heterocycles. The van der Waals surface area contributed by atoms with Crippen molar-refractivity contribution in [2.24, 2.45) is 5.73 Å². The SMILES string of the molecule is NC(C(=O)O)c1cccc2c1OCCC2. The van der Waals surface area contributed by atoms with Crippen molar-refractivity contribution in [2.45, 2.75) is 18.9 Å². The number of aryl methyl sites for hydroxylation is 1. The summed E-state index contributed by atoms with van der Waals surface area (Å²) >= 11 is 0. The van der Waals surface area contributed by atoms with Gasteiger partial charge in [-0.1, -0.05) is 18.2 Å². The molecule has 3 N–H and O–H groups in total. The van der Waals surface area contributed by atoms with Crippen LogP contribution >= 0.6 is 0 Å². The van der Waals surface area contributed by atoms with E-state index in [1.807, 2.05) is 12.1 Å². The maximum absolute atomic E-state index is 10.8. The molecule has 0 fully saturated rings. The fourth-order valence-electron chi connectivity index (χ4n) is 1.79. The summed E-state index contributed by atoms with van der Waals surface area (Å²) < 4.78 is 5.48. The number of benzene rings is 1. The molecule has 0 saturated carbocycles. The molecule has 2 rings (SSSR count). The van der Waals surface area contributed by atoms with E-state index in [0.29, 0.717) is 17.9 Å². The first kappa shape index (κ1) is 9.98. The van der Waals surface area contributed by atoms with E-state index in [1.165, 1.54) is 0 Å². The van der Waals surface area contributed by atoms with Gasteiger partial charge in [0, 0.05) is 5.56 Å². The summed E-state index contributed by atoms with van der Waals surface area (Å²) in [5, 5.41) is 8.86. The normalized spacial score (nSPS) is 16.3. The third-order valence-electron chi connectivity index (χ3n) is 2.56. The Morgan fingerprint density at radius 1 is 1.53 bits per heavy atom. The molecule has 0 spiro atoms. The van der Waals surface area contributed by atoms with Gasteiger partial charge in [0.2, 0.25) is 0 Å². The maximum Gasteiger partial charge on any atom is 0.325 e. The van der Waals surface area contributed by atoms with Crippen LogP contribution in [0, 0.1) is 0 Å². The minimum atomic E-state index is -1.03. The number of hydrogen-bond donors (Lipinski definition) is 2. The summed E-state index contributed by atoms with van der Waals surface area (Å²) in [6, 6.07) is 4.49. The summed E-state index contributed by atoms with van der Waals surface area (Å²) in [5.74, 6) is -0.365. The Morgan fingerprint density at radius 3 is 3.07 bits per heavy atom. The second-order valence-electron chi connectivity index (χ2n) is 3.60. The Hall–Kier alpha value is -1.55. The Balaban J connectivity index is 2.43. The minimum absolute atomic E-state index is 0.569. The van der Waals surface area contributed by atoms with E-state index in [1.54, 1.807) is 6.07 Å². The summed E-state index contributed by atoms with van der Waals surface area (Å²) in [5.41, 5.74) is 7.20. The number of rotatable bonds is 2. The highest BCUT2D eigenvalue weighted by atomic mass is 16.5. The molecular formula is C11H13NO3. The highest BCUT2D eigenvalue weighted by Crippen LogP contribution is 2.31. The van der Waals surface area contributed by atoms with Crippen LogP contribution in [-0.4, -0.2) is 17.7 Å². The van der Waals surface area contributed by atoms with E-state index in [-0.39, 0.29) is 0 Å². The van der Waals surface area contributed by atoms with Crippen molar-refractivity contribution < 1.29 is 14.6 Å².